The van der Waals surface area contributed by atoms with Crippen molar-refractivity contribution in [2.75, 3.05) is 0 Å². The van der Waals surface area contributed by atoms with Gasteiger partial charge in [0.25, 0.3) is 10.1 Å². The lowest BCUT2D eigenvalue weighted by Crippen LogP contribution is -1.98. The van der Waals surface area contributed by atoms with Crippen LogP contribution in [0.3, 0.4) is 0 Å². The second-order valence-electron chi connectivity index (χ2n) is 2.56. The molecule has 1 aromatic rings. The van der Waals surface area contributed by atoms with Crippen LogP contribution in [0.25, 0.3) is 0 Å². The molecule has 0 heterocycles. The quantitative estimate of drug-likeness (QED) is 0.564. The van der Waals surface area contributed by atoms with Crippen molar-refractivity contribution >= 4 is 15.8 Å². The van der Waals surface area contributed by atoms with Gasteiger partial charge in [-0.25, -0.2) is 5.53 Å². The highest BCUT2D eigenvalue weighted by atomic mass is 32.2. The Hall–Kier alpha value is -1.27. The summed E-state index contributed by atoms with van der Waals surface area (Å²) in [6.45, 7) is 1.68. The zero-order valence-corrected chi connectivity index (χ0v) is 7.67. The van der Waals surface area contributed by atoms with E-state index in [0.29, 0.717) is 5.56 Å². The van der Waals surface area contributed by atoms with E-state index >= 15 is 0 Å². The first kappa shape index (κ1) is 9.82. The molecule has 0 spiro atoms. The number of aryl methyl sites for hydroxylation is 1. The Morgan fingerprint density at radius 2 is 2.08 bits per heavy atom. The summed E-state index contributed by atoms with van der Waals surface area (Å²) in [6.07, 6.45) is 0. The number of rotatable bonds is 2. The summed E-state index contributed by atoms with van der Waals surface area (Å²) in [6, 6.07) is 4.25. The Labute approximate surface area is 75.7 Å². The number of nitrogens with zero attached hydrogens (tertiary/aromatic N) is 1. The normalized spacial score (nSPS) is 11.2. The van der Waals surface area contributed by atoms with Crippen molar-refractivity contribution in [1.29, 1.82) is 5.53 Å². The molecular weight excluding hydrogens is 192 g/mol. The average molecular weight is 200 g/mol. The van der Waals surface area contributed by atoms with Crippen molar-refractivity contribution < 1.29 is 13.0 Å². The highest BCUT2D eigenvalue weighted by Gasteiger charge is 2.14. The second-order valence-corrected chi connectivity index (χ2v) is 3.95. The third-order valence-corrected chi connectivity index (χ3v) is 2.40. The smallest absolute Gasteiger partial charge is 0.282 e. The summed E-state index contributed by atoms with van der Waals surface area (Å²) in [7, 11) is -4.28. The number of nitrogens with one attached hydrogen (secondary N) is 1. The van der Waals surface area contributed by atoms with E-state index < -0.39 is 10.1 Å². The van der Waals surface area contributed by atoms with Crippen LogP contribution in [0.15, 0.2) is 28.2 Å². The van der Waals surface area contributed by atoms with Gasteiger partial charge < -0.3 is 0 Å². The molecule has 13 heavy (non-hydrogen) atoms. The lowest BCUT2D eigenvalue weighted by Gasteiger charge is -2.01. The van der Waals surface area contributed by atoms with E-state index in [1.807, 2.05) is 0 Å². The maximum atomic E-state index is 10.8. The third kappa shape index (κ3) is 2.10. The molecule has 0 amide bonds. The highest BCUT2D eigenvalue weighted by Crippen LogP contribution is 2.24. The van der Waals surface area contributed by atoms with Gasteiger partial charge in [-0.05, 0) is 24.6 Å². The molecule has 1 aromatic carbocycles. The van der Waals surface area contributed by atoms with Gasteiger partial charge in [0.1, 0.15) is 10.6 Å². The van der Waals surface area contributed by atoms with E-state index in [4.69, 9.17) is 10.1 Å². The van der Waals surface area contributed by atoms with Crippen LogP contribution in [-0.2, 0) is 10.1 Å². The Kier molecular flexibility index (Phi) is 2.44. The Bertz CT molecular complexity index is 439. The van der Waals surface area contributed by atoms with Crippen molar-refractivity contribution in [2.45, 2.75) is 11.8 Å². The van der Waals surface area contributed by atoms with Gasteiger partial charge in [0.2, 0.25) is 0 Å². The van der Waals surface area contributed by atoms with E-state index in [0.717, 1.165) is 0 Å². The first-order chi connectivity index (χ1) is 5.95. The van der Waals surface area contributed by atoms with E-state index in [9.17, 15) is 8.42 Å². The van der Waals surface area contributed by atoms with Gasteiger partial charge >= 0.3 is 0 Å². The van der Waals surface area contributed by atoms with Crippen molar-refractivity contribution in [1.82, 2.24) is 0 Å². The second kappa shape index (κ2) is 3.23. The van der Waals surface area contributed by atoms with Crippen LogP contribution < -0.4 is 0 Å². The number of benzene rings is 1. The molecule has 6 heteroatoms. The van der Waals surface area contributed by atoms with E-state index in [2.05, 4.69) is 5.11 Å². The lowest BCUT2D eigenvalue weighted by molar-refractivity contribution is 0.483. The molecule has 0 unspecified atom stereocenters. The van der Waals surface area contributed by atoms with Gasteiger partial charge in [0.15, 0.2) is 0 Å². The molecule has 2 N–H and O–H groups in total. The molecule has 0 saturated heterocycles. The van der Waals surface area contributed by atoms with Crippen molar-refractivity contribution in [2.24, 2.45) is 5.11 Å². The molecule has 70 valence electrons. The van der Waals surface area contributed by atoms with Crippen LogP contribution in [0, 0.1) is 12.5 Å². The fraction of sp³-hybridized carbons (Fsp3) is 0.143. The average Bonchev–Trinajstić information content (AvgIpc) is 2.03. The number of hydrogen-bond donors (Lipinski definition) is 2. The molecule has 0 fully saturated rings. The first-order valence-electron chi connectivity index (χ1n) is 3.41. The van der Waals surface area contributed by atoms with Crippen molar-refractivity contribution in [3.05, 3.63) is 23.8 Å². The monoisotopic (exact) mass is 200 g/mol. The minimum Gasteiger partial charge on any atom is -0.282 e. The fourth-order valence-corrected chi connectivity index (χ4v) is 1.63. The maximum absolute atomic E-state index is 10.8. The molecular formula is C7H8N2O3S. The van der Waals surface area contributed by atoms with Crippen LogP contribution >= 0.6 is 0 Å². The van der Waals surface area contributed by atoms with Gasteiger partial charge in [-0.1, -0.05) is 6.07 Å². The Morgan fingerprint density at radius 3 is 2.54 bits per heavy atom. The van der Waals surface area contributed by atoms with Crippen LogP contribution in [0.2, 0.25) is 0 Å². The van der Waals surface area contributed by atoms with Gasteiger partial charge in [0.05, 0.1) is 0 Å². The molecule has 1 rings (SSSR count). The Balaban J connectivity index is 3.50. The topological polar surface area (TPSA) is 90.6 Å². The standard InChI is InChI=1S/C7H8N2O3S/c1-5-2-3-6(9-8)7(4-5)13(10,11)12/h2-4,8H,1H3,(H,10,11,12). The predicted molar refractivity (Wildman–Crippen MR) is 45.8 cm³/mol. The van der Waals surface area contributed by atoms with Gasteiger partial charge in [-0.15, -0.1) is 0 Å². The predicted octanol–water partition coefficient (Wildman–Crippen LogP) is 1.90. The molecule has 0 aliphatic rings. The molecule has 0 aliphatic carbocycles. The van der Waals surface area contributed by atoms with Gasteiger partial charge in [-0.2, -0.15) is 13.5 Å². The molecule has 0 radical (unpaired) electrons. The van der Waals surface area contributed by atoms with Crippen LogP contribution in [0.1, 0.15) is 5.56 Å². The summed E-state index contributed by atoms with van der Waals surface area (Å²) in [5, 5.41) is 2.99. The van der Waals surface area contributed by atoms with Crippen LogP contribution in [0.5, 0.6) is 0 Å². The minimum atomic E-state index is -4.28. The fourth-order valence-electron chi connectivity index (χ4n) is 0.920. The zero-order valence-electron chi connectivity index (χ0n) is 6.85. The summed E-state index contributed by atoms with van der Waals surface area (Å²) >= 11 is 0. The van der Waals surface area contributed by atoms with E-state index in [1.54, 1.807) is 13.0 Å². The Morgan fingerprint density at radius 1 is 1.46 bits per heavy atom. The van der Waals surface area contributed by atoms with Crippen LogP contribution in [-0.4, -0.2) is 13.0 Å². The number of hydrogen-bond acceptors (Lipinski definition) is 4. The summed E-state index contributed by atoms with van der Waals surface area (Å²) < 4.78 is 30.3. The lowest BCUT2D eigenvalue weighted by atomic mass is 10.2. The van der Waals surface area contributed by atoms with E-state index in [1.165, 1.54) is 12.1 Å². The van der Waals surface area contributed by atoms with E-state index in [-0.39, 0.29) is 10.6 Å². The molecule has 0 aliphatic heterocycles. The molecule has 0 bridgehead atoms. The first-order valence-corrected chi connectivity index (χ1v) is 4.85. The molecule has 0 saturated carbocycles. The zero-order chi connectivity index (χ0) is 10.1. The van der Waals surface area contributed by atoms with Gasteiger partial charge in [-0.3, -0.25) is 4.55 Å². The van der Waals surface area contributed by atoms with Crippen molar-refractivity contribution in [3.8, 4) is 0 Å². The minimum absolute atomic E-state index is 0.0619. The van der Waals surface area contributed by atoms with Crippen LogP contribution in [0.4, 0.5) is 5.69 Å². The SMILES string of the molecule is Cc1ccc(N=N)c(S(=O)(=O)O)c1. The maximum Gasteiger partial charge on any atom is 0.296 e. The highest BCUT2D eigenvalue weighted by molar-refractivity contribution is 7.86. The van der Waals surface area contributed by atoms with Crippen molar-refractivity contribution in [3.63, 3.8) is 0 Å². The van der Waals surface area contributed by atoms with Gasteiger partial charge in [0, 0.05) is 0 Å². The largest absolute Gasteiger partial charge is 0.296 e. The molecule has 0 atom stereocenters. The molecule has 0 aromatic heterocycles. The molecule has 5 nitrogen and oxygen atoms in total. The third-order valence-electron chi connectivity index (χ3n) is 1.51. The summed E-state index contributed by atoms with van der Waals surface area (Å²) in [5.74, 6) is 0. The summed E-state index contributed by atoms with van der Waals surface area (Å²) in [4.78, 5) is -0.331. The summed E-state index contributed by atoms with van der Waals surface area (Å²) in [5.41, 5.74) is 7.30.